The second-order valence-electron chi connectivity index (χ2n) is 5.20. The molecule has 0 aromatic carbocycles. The standard InChI is InChI=1S/C12H24N2O/c1-9(2)8-14(4)12(15)11-6-5-10(3)13-7-11/h9-11,13H,5-8H2,1-4H3. The Labute approximate surface area is 93.2 Å². The minimum absolute atomic E-state index is 0.199. The Morgan fingerprint density at radius 2 is 2.13 bits per heavy atom. The van der Waals surface area contributed by atoms with Gasteiger partial charge in [-0.15, -0.1) is 0 Å². The summed E-state index contributed by atoms with van der Waals surface area (Å²) in [6.45, 7) is 8.18. The van der Waals surface area contributed by atoms with Crippen molar-refractivity contribution < 1.29 is 4.79 Å². The molecule has 1 aliphatic heterocycles. The third kappa shape index (κ3) is 3.82. The van der Waals surface area contributed by atoms with Crippen LogP contribution in [0.5, 0.6) is 0 Å². The van der Waals surface area contributed by atoms with Crippen LogP contribution in [0.4, 0.5) is 0 Å². The normalized spacial score (nSPS) is 26.7. The van der Waals surface area contributed by atoms with Crippen molar-refractivity contribution in [3.8, 4) is 0 Å². The average molecular weight is 212 g/mol. The summed E-state index contributed by atoms with van der Waals surface area (Å²) in [6, 6.07) is 0.574. The van der Waals surface area contributed by atoms with Crippen molar-refractivity contribution in [2.24, 2.45) is 11.8 Å². The Hall–Kier alpha value is -0.570. The fraction of sp³-hybridized carbons (Fsp3) is 0.917. The van der Waals surface area contributed by atoms with Crippen LogP contribution in [-0.2, 0) is 4.79 Å². The van der Waals surface area contributed by atoms with Crippen molar-refractivity contribution in [1.82, 2.24) is 10.2 Å². The van der Waals surface area contributed by atoms with Crippen LogP contribution in [0, 0.1) is 11.8 Å². The molecule has 0 radical (unpaired) electrons. The molecular weight excluding hydrogens is 188 g/mol. The first kappa shape index (κ1) is 12.5. The van der Waals surface area contributed by atoms with Gasteiger partial charge in [0.25, 0.3) is 0 Å². The molecule has 1 amide bonds. The lowest BCUT2D eigenvalue weighted by atomic mass is 9.94. The molecule has 1 heterocycles. The Morgan fingerprint density at radius 1 is 1.47 bits per heavy atom. The number of amides is 1. The summed E-state index contributed by atoms with van der Waals surface area (Å²) in [7, 11) is 1.92. The molecule has 0 saturated carbocycles. The molecular formula is C12H24N2O. The van der Waals surface area contributed by atoms with Crippen LogP contribution in [0.15, 0.2) is 0 Å². The van der Waals surface area contributed by atoms with E-state index in [1.165, 1.54) is 0 Å². The highest BCUT2D eigenvalue weighted by molar-refractivity contribution is 5.78. The zero-order chi connectivity index (χ0) is 11.4. The second kappa shape index (κ2) is 5.50. The molecule has 0 bridgehead atoms. The number of piperidine rings is 1. The van der Waals surface area contributed by atoms with Crippen molar-refractivity contribution >= 4 is 5.91 Å². The van der Waals surface area contributed by atoms with Crippen molar-refractivity contribution in [2.75, 3.05) is 20.1 Å². The average Bonchev–Trinajstić information content (AvgIpc) is 2.17. The molecule has 88 valence electrons. The summed E-state index contributed by atoms with van der Waals surface area (Å²) >= 11 is 0. The smallest absolute Gasteiger partial charge is 0.226 e. The lowest BCUT2D eigenvalue weighted by molar-refractivity contribution is -0.135. The van der Waals surface area contributed by atoms with Gasteiger partial charge in [0.1, 0.15) is 0 Å². The van der Waals surface area contributed by atoms with Gasteiger partial charge in [-0.3, -0.25) is 4.79 Å². The molecule has 0 spiro atoms. The van der Waals surface area contributed by atoms with E-state index >= 15 is 0 Å². The fourth-order valence-electron chi connectivity index (χ4n) is 2.16. The first-order chi connectivity index (χ1) is 7.00. The third-order valence-electron chi connectivity index (χ3n) is 3.03. The van der Waals surface area contributed by atoms with Gasteiger partial charge >= 0.3 is 0 Å². The summed E-state index contributed by atoms with van der Waals surface area (Å²) in [5.41, 5.74) is 0. The summed E-state index contributed by atoms with van der Waals surface area (Å²) in [6.07, 6.45) is 2.15. The quantitative estimate of drug-likeness (QED) is 0.768. The highest BCUT2D eigenvalue weighted by Gasteiger charge is 2.26. The van der Waals surface area contributed by atoms with Crippen LogP contribution in [0.2, 0.25) is 0 Å². The van der Waals surface area contributed by atoms with Crippen LogP contribution in [0.25, 0.3) is 0 Å². The molecule has 2 unspecified atom stereocenters. The molecule has 1 rings (SSSR count). The Kier molecular flexibility index (Phi) is 4.58. The van der Waals surface area contributed by atoms with Crippen LogP contribution >= 0.6 is 0 Å². The number of carbonyl (C=O) groups excluding carboxylic acids is 1. The van der Waals surface area contributed by atoms with E-state index in [-0.39, 0.29) is 5.92 Å². The van der Waals surface area contributed by atoms with Crippen molar-refractivity contribution in [2.45, 2.75) is 39.7 Å². The minimum atomic E-state index is 0.199. The molecule has 3 nitrogen and oxygen atoms in total. The number of nitrogens with one attached hydrogen (secondary N) is 1. The molecule has 15 heavy (non-hydrogen) atoms. The van der Waals surface area contributed by atoms with E-state index in [0.29, 0.717) is 17.9 Å². The second-order valence-corrected chi connectivity index (χ2v) is 5.20. The van der Waals surface area contributed by atoms with Gasteiger partial charge in [0.15, 0.2) is 0 Å². The number of carbonyl (C=O) groups is 1. The predicted molar refractivity (Wildman–Crippen MR) is 62.7 cm³/mol. The van der Waals surface area contributed by atoms with Crippen LogP contribution in [-0.4, -0.2) is 37.0 Å². The van der Waals surface area contributed by atoms with Crippen LogP contribution < -0.4 is 5.32 Å². The molecule has 2 atom stereocenters. The van der Waals surface area contributed by atoms with E-state index < -0.39 is 0 Å². The molecule has 3 heteroatoms. The molecule has 1 aliphatic rings. The Bertz CT molecular complexity index is 208. The summed E-state index contributed by atoms with van der Waals surface area (Å²) in [5.74, 6) is 1.06. The van der Waals surface area contributed by atoms with Crippen molar-refractivity contribution in [3.05, 3.63) is 0 Å². The first-order valence-corrected chi connectivity index (χ1v) is 5.99. The maximum absolute atomic E-state index is 12.0. The lowest BCUT2D eigenvalue weighted by Crippen LogP contribution is -2.45. The summed E-state index contributed by atoms with van der Waals surface area (Å²) in [4.78, 5) is 13.9. The third-order valence-corrected chi connectivity index (χ3v) is 3.03. The van der Waals surface area contributed by atoms with Crippen LogP contribution in [0.3, 0.4) is 0 Å². The van der Waals surface area contributed by atoms with E-state index in [4.69, 9.17) is 0 Å². The number of hydrogen-bond acceptors (Lipinski definition) is 2. The fourth-order valence-corrected chi connectivity index (χ4v) is 2.16. The van der Waals surface area contributed by atoms with Crippen molar-refractivity contribution in [1.29, 1.82) is 0 Å². The number of rotatable bonds is 3. The Morgan fingerprint density at radius 3 is 2.60 bits per heavy atom. The molecule has 1 saturated heterocycles. The molecule has 1 N–H and O–H groups in total. The molecule has 0 aliphatic carbocycles. The zero-order valence-electron chi connectivity index (χ0n) is 10.4. The van der Waals surface area contributed by atoms with E-state index in [1.54, 1.807) is 0 Å². The maximum Gasteiger partial charge on any atom is 0.226 e. The maximum atomic E-state index is 12.0. The van der Waals surface area contributed by atoms with Gasteiger partial charge in [-0.25, -0.2) is 0 Å². The van der Waals surface area contributed by atoms with Gasteiger partial charge in [0.2, 0.25) is 5.91 Å². The van der Waals surface area contributed by atoms with Crippen molar-refractivity contribution in [3.63, 3.8) is 0 Å². The minimum Gasteiger partial charge on any atom is -0.345 e. The van der Waals surface area contributed by atoms with Gasteiger partial charge in [0.05, 0.1) is 5.92 Å². The van der Waals surface area contributed by atoms with Gasteiger partial charge < -0.3 is 10.2 Å². The predicted octanol–water partition coefficient (Wildman–Crippen LogP) is 1.49. The molecule has 0 aromatic rings. The van der Waals surface area contributed by atoms with Gasteiger partial charge in [-0.1, -0.05) is 13.8 Å². The highest BCUT2D eigenvalue weighted by Crippen LogP contribution is 2.16. The molecule has 0 aromatic heterocycles. The highest BCUT2D eigenvalue weighted by atomic mass is 16.2. The Balaban J connectivity index is 2.39. The van der Waals surface area contributed by atoms with Crippen LogP contribution in [0.1, 0.15) is 33.6 Å². The summed E-state index contributed by atoms with van der Waals surface area (Å²) in [5, 5.41) is 3.37. The van der Waals surface area contributed by atoms with Gasteiger partial charge in [-0.05, 0) is 25.7 Å². The number of nitrogens with zero attached hydrogens (tertiary/aromatic N) is 1. The first-order valence-electron chi connectivity index (χ1n) is 5.99. The largest absolute Gasteiger partial charge is 0.345 e. The SMILES string of the molecule is CC(C)CN(C)C(=O)C1CCC(C)NC1. The topological polar surface area (TPSA) is 32.3 Å². The van der Waals surface area contributed by atoms with Gasteiger partial charge in [0, 0.05) is 26.2 Å². The van der Waals surface area contributed by atoms with E-state index in [0.717, 1.165) is 25.9 Å². The lowest BCUT2D eigenvalue weighted by Gasteiger charge is -2.30. The summed E-state index contributed by atoms with van der Waals surface area (Å²) < 4.78 is 0. The van der Waals surface area contributed by atoms with E-state index in [9.17, 15) is 4.79 Å². The molecule has 1 fully saturated rings. The monoisotopic (exact) mass is 212 g/mol. The van der Waals surface area contributed by atoms with Gasteiger partial charge in [-0.2, -0.15) is 0 Å². The number of hydrogen-bond donors (Lipinski definition) is 1. The van der Waals surface area contributed by atoms with E-state index in [2.05, 4.69) is 26.1 Å². The van der Waals surface area contributed by atoms with E-state index in [1.807, 2.05) is 11.9 Å². The zero-order valence-corrected chi connectivity index (χ0v) is 10.4.